The van der Waals surface area contributed by atoms with Crippen molar-refractivity contribution in [2.75, 3.05) is 12.3 Å². The monoisotopic (exact) mass is 355 g/mol. The van der Waals surface area contributed by atoms with Gasteiger partial charge >= 0.3 is 0 Å². The first-order valence-electron chi connectivity index (χ1n) is 8.56. The zero-order valence-electron chi connectivity index (χ0n) is 14.2. The molecule has 0 amide bonds. The van der Waals surface area contributed by atoms with Gasteiger partial charge in [-0.3, -0.25) is 9.58 Å². The second-order valence-corrected chi connectivity index (χ2v) is 8.49. The van der Waals surface area contributed by atoms with Crippen LogP contribution < -0.4 is 0 Å². The van der Waals surface area contributed by atoms with E-state index in [9.17, 15) is 8.42 Å². The van der Waals surface area contributed by atoms with Crippen molar-refractivity contribution in [1.82, 2.24) is 14.7 Å². The minimum absolute atomic E-state index is 0.149. The van der Waals surface area contributed by atoms with Crippen molar-refractivity contribution in [2.24, 2.45) is 0 Å². The van der Waals surface area contributed by atoms with Crippen LogP contribution in [0.3, 0.4) is 0 Å². The van der Waals surface area contributed by atoms with E-state index in [0.29, 0.717) is 24.5 Å². The summed E-state index contributed by atoms with van der Waals surface area (Å²) in [5.41, 5.74) is 3.01. The summed E-state index contributed by atoms with van der Waals surface area (Å²) in [6, 6.07) is 15.5. The minimum Gasteiger partial charge on any atom is -0.292 e. The molecule has 0 spiro atoms. The van der Waals surface area contributed by atoms with E-state index < -0.39 is 9.84 Å². The number of para-hydroxylation sites is 1. The fraction of sp³-hybridized carbons (Fsp3) is 0.316. The first-order chi connectivity index (χ1) is 12.1. The molecule has 1 aromatic heterocycles. The fourth-order valence-electron chi connectivity index (χ4n) is 3.52. The molecule has 0 N–H and O–H groups in total. The Hall–Kier alpha value is -2.18. The smallest absolute Gasteiger partial charge is 0.179 e. The van der Waals surface area contributed by atoms with Crippen molar-refractivity contribution in [2.45, 2.75) is 31.5 Å². The molecule has 6 heteroatoms. The maximum atomic E-state index is 12.5. The van der Waals surface area contributed by atoms with Crippen molar-refractivity contribution >= 4 is 20.7 Å². The van der Waals surface area contributed by atoms with Crippen molar-refractivity contribution in [3.05, 3.63) is 59.8 Å². The summed E-state index contributed by atoms with van der Waals surface area (Å²) in [4.78, 5) is 2.65. The number of nitrogens with zero attached hydrogens (tertiary/aromatic N) is 3. The average Bonchev–Trinajstić information content (AvgIpc) is 2.91. The third-order valence-corrected chi connectivity index (χ3v) is 6.57. The molecule has 130 valence electrons. The van der Waals surface area contributed by atoms with Gasteiger partial charge in [0, 0.05) is 31.6 Å². The van der Waals surface area contributed by atoms with Crippen molar-refractivity contribution < 1.29 is 8.42 Å². The van der Waals surface area contributed by atoms with Crippen LogP contribution in [0.25, 0.3) is 10.9 Å². The molecule has 0 saturated carbocycles. The van der Waals surface area contributed by atoms with Crippen LogP contribution in [0.5, 0.6) is 0 Å². The second-order valence-electron chi connectivity index (χ2n) is 6.42. The molecule has 1 aliphatic rings. The fourth-order valence-corrected chi connectivity index (χ4v) is 5.05. The largest absolute Gasteiger partial charge is 0.292 e. The quantitative estimate of drug-likeness (QED) is 0.725. The maximum absolute atomic E-state index is 12.5. The van der Waals surface area contributed by atoms with Crippen LogP contribution in [0, 0.1) is 0 Å². The summed E-state index contributed by atoms with van der Waals surface area (Å²) >= 11 is 0. The van der Waals surface area contributed by atoms with E-state index in [2.05, 4.69) is 24.0 Å². The molecule has 2 heterocycles. The highest BCUT2D eigenvalue weighted by Crippen LogP contribution is 2.25. The molecule has 0 aliphatic carbocycles. The molecule has 5 nitrogen and oxygen atoms in total. The van der Waals surface area contributed by atoms with E-state index in [1.807, 2.05) is 28.9 Å². The van der Waals surface area contributed by atoms with Gasteiger partial charge in [-0.15, -0.1) is 0 Å². The minimum atomic E-state index is -3.21. The van der Waals surface area contributed by atoms with Crippen LogP contribution in [0.4, 0.5) is 0 Å². The van der Waals surface area contributed by atoms with Crippen molar-refractivity contribution in [1.29, 1.82) is 0 Å². The van der Waals surface area contributed by atoms with Gasteiger partial charge < -0.3 is 0 Å². The number of aryl methyl sites for hydroxylation is 1. The summed E-state index contributed by atoms with van der Waals surface area (Å²) < 4.78 is 27.0. The first kappa shape index (κ1) is 16.3. The van der Waals surface area contributed by atoms with Gasteiger partial charge in [-0.25, -0.2) is 8.42 Å². The molecule has 25 heavy (non-hydrogen) atoms. The molecule has 0 radical (unpaired) electrons. The molecule has 4 rings (SSSR count). The lowest BCUT2D eigenvalue weighted by Gasteiger charge is -2.18. The highest BCUT2D eigenvalue weighted by Gasteiger charge is 2.25. The third-order valence-electron chi connectivity index (χ3n) is 4.79. The van der Waals surface area contributed by atoms with Crippen molar-refractivity contribution in [3.63, 3.8) is 0 Å². The lowest BCUT2D eigenvalue weighted by atomic mass is 10.1. The van der Waals surface area contributed by atoms with Gasteiger partial charge in [-0.05, 0) is 24.6 Å². The Bertz CT molecular complexity index is 1020. The first-order valence-corrected chi connectivity index (χ1v) is 10.2. The highest BCUT2D eigenvalue weighted by molar-refractivity contribution is 7.91. The Morgan fingerprint density at radius 1 is 1.08 bits per heavy atom. The zero-order chi connectivity index (χ0) is 17.4. The molecule has 2 aromatic carbocycles. The summed E-state index contributed by atoms with van der Waals surface area (Å²) in [6.07, 6.45) is 0. The number of aromatic nitrogens is 2. The molecule has 3 aromatic rings. The normalized spacial score (nSPS) is 17.3. The van der Waals surface area contributed by atoms with Crippen LogP contribution in [0.15, 0.2) is 53.4 Å². The Labute approximate surface area is 147 Å². The second kappa shape index (κ2) is 6.28. The summed E-state index contributed by atoms with van der Waals surface area (Å²) in [6.45, 7) is 4.69. The van der Waals surface area contributed by atoms with E-state index in [4.69, 9.17) is 5.10 Å². The van der Waals surface area contributed by atoms with Gasteiger partial charge in [0.15, 0.2) is 9.84 Å². The van der Waals surface area contributed by atoms with E-state index in [1.54, 1.807) is 12.1 Å². The topological polar surface area (TPSA) is 55.2 Å². The van der Waals surface area contributed by atoms with Crippen LogP contribution in [0.1, 0.15) is 18.2 Å². The summed E-state index contributed by atoms with van der Waals surface area (Å²) in [5.74, 6) is 0.149. The van der Waals surface area contributed by atoms with Gasteiger partial charge in [-0.1, -0.05) is 36.4 Å². The molecule has 0 atom stereocenters. The number of hydrogen-bond donors (Lipinski definition) is 0. The van der Waals surface area contributed by atoms with Crippen LogP contribution in [-0.2, 0) is 29.5 Å². The number of sulfone groups is 1. The lowest BCUT2D eigenvalue weighted by molar-refractivity contribution is 0.270. The molecule has 0 saturated heterocycles. The van der Waals surface area contributed by atoms with Gasteiger partial charge in [0.1, 0.15) is 0 Å². The standard InChI is InChI=1S/C19H21N3O2S/c1-2-22-18-9-5-4-8-16(18)17(20-22)14-21-11-12-25(23,24)19-10-6-3-7-15(19)13-21/h3-10H,2,11-14H2,1H3. The van der Waals surface area contributed by atoms with Gasteiger partial charge in [0.2, 0.25) is 0 Å². The average molecular weight is 355 g/mol. The Kier molecular flexibility index (Phi) is 4.09. The van der Waals surface area contributed by atoms with Crippen molar-refractivity contribution in [3.8, 4) is 0 Å². The SMILES string of the molecule is CCn1nc(CN2CCS(=O)(=O)c3ccccc3C2)c2ccccc21. The van der Waals surface area contributed by atoms with E-state index in [1.165, 1.54) is 0 Å². The third kappa shape index (κ3) is 2.96. The molecule has 0 fully saturated rings. The number of benzene rings is 2. The molecule has 1 aliphatic heterocycles. The number of hydrogen-bond acceptors (Lipinski definition) is 4. The molecular formula is C19H21N3O2S. The van der Waals surface area contributed by atoms with Gasteiger partial charge in [0.05, 0.1) is 21.9 Å². The Morgan fingerprint density at radius 3 is 2.68 bits per heavy atom. The van der Waals surface area contributed by atoms with Crippen LogP contribution in [0.2, 0.25) is 0 Å². The Morgan fingerprint density at radius 2 is 1.84 bits per heavy atom. The van der Waals surface area contributed by atoms with E-state index in [0.717, 1.165) is 28.7 Å². The summed E-state index contributed by atoms with van der Waals surface area (Å²) in [5, 5.41) is 5.89. The lowest BCUT2D eigenvalue weighted by Crippen LogP contribution is -2.26. The van der Waals surface area contributed by atoms with Crippen LogP contribution >= 0.6 is 0 Å². The molecule has 0 bridgehead atoms. The number of fused-ring (bicyclic) bond motifs is 2. The van der Waals surface area contributed by atoms with E-state index >= 15 is 0 Å². The van der Waals surface area contributed by atoms with E-state index in [-0.39, 0.29) is 5.75 Å². The zero-order valence-corrected chi connectivity index (χ0v) is 15.0. The predicted octanol–water partition coefficient (Wildman–Crippen LogP) is 2.85. The van der Waals surface area contributed by atoms with Crippen LogP contribution in [-0.4, -0.2) is 35.4 Å². The summed E-state index contributed by atoms with van der Waals surface area (Å²) in [7, 11) is -3.21. The maximum Gasteiger partial charge on any atom is 0.179 e. The van der Waals surface area contributed by atoms with Gasteiger partial charge in [0.25, 0.3) is 0 Å². The number of rotatable bonds is 3. The highest BCUT2D eigenvalue weighted by atomic mass is 32.2. The predicted molar refractivity (Wildman–Crippen MR) is 98.0 cm³/mol. The molecule has 0 unspecified atom stereocenters. The molecular weight excluding hydrogens is 334 g/mol. The Balaban J connectivity index is 1.69. The van der Waals surface area contributed by atoms with Gasteiger partial charge in [-0.2, -0.15) is 5.10 Å².